The van der Waals surface area contributed by atoms with Crippen molar-refractivity contribution in [2.45, 2.75) is 32.2 Å². The van der Waals surface area contributed by atoms with E-state index in [9.17, 15) is 4.39 Å². The number of fused-ring (bicyclic) bond motifs is 3. The number of ether oxygens (including phenoxy) is 2. The Balaban J connectivity index is 1.28. The van der Waals surface area contributed by atoms with Gasteiger partial charge in [0.25, 0.3) is 0 Å². The molecule has 0 bridgehead atoms. The van der Waals surface area contributed by atoms with E-state index in [0.717, 1.165) is 51.4 Å². The van der Waals surface area contributed by atoms with Crippen LogP contribution in [-0.2, 0) is 11.3 Å². The standard InChI is InChI=1S/C23H27FN8O2/c1-23(12-34-13-23)11-31-10-15(8-26-31)30-5-3-4-14(9-30)20-28-21-16-6-17(24)19(33-2)7-18(16)27-22(25)32(21)29-20/h6-8,10,14H,3-5,9,11-13H2,1-2H3,(H2,25,27)/t14-/m1/s1. The molecule has 2 N–H and O–H groups in total. The lowest BCUT2D eigenvalue weighted by Crippen LogP contribution is -2.43. The van der Waals surface area contributed by atoms with E-state index in [0.29, 0.717) is 22.4 Å². The van der Waals surface area contributed by atoms with Crippen molar-refractivity contribution >= 4 is 28.2 Å². The van der Waals surface area contributed by atoms with Crippen molar-refractivity contribution in [3.63, 3.8) is 0 Å². The van der Waals surface area contributed by atoms with Crippen molar-refractivity contribution < 1.29 is 13.9 Å². The molecule has 0 saturated carbocycles. The molecule has 2 saturated heterocycles. The fraction of sp³-hybridized carbons (Fsp3) is 0.478. The first-order chi connectivity index (χ1) is 16.4. The number of rotatable bonds is 5. The van der Waals surface area contributed by atoms with Crippen LogP contribution in [0.15, 0.2) is 24.5 Å². The SMILES string of the molecule is COc1cc2nc(N)n3nc([C@@H]4CCCN(c5cnn(CC6(C)COC6)c5)C4)nc3c2cc1F. The summed E-state index contributed by atoms with van der Waals surface area (Å²) in [7, 11) is 1.42. The highest BCUT2D eigenvalue weighted by Crippen LogP contribution is 2.32. The predicted octanol–water partition coefficient (Wildman–Crippen LogP) is 2.62. The van der Waals surface area contributed by atoms with E-state index in [1.165, 1.54) is 23.8 Å². The van der Waals surface area contributed by atoms with Gasteiger partial charge in [0, 0.05) is 42.1 Å². The van der Waals surface area contributed by atoms with Gasteiger partial charge in [0.2, 0.25) is 5.95 Å². The highest BCUT2D eigenvalue weighted by molar-refractivity contribution is 5.93. The molecule has 34 heavy (non-hydrogen) atoms. The Morgan fingerprint density at radius 1 is 1.29 bits per heavy atom. The van der Waals surface area contributed by atoms with Gasteiger partial charge in [-0.3, -0.25) is 4.68 Å². The molecule has 0 spiro atoms. The smallest absolute Gasteiger partial charge is 0.223 e. The topological polar surface area (TPSA) is 109 Å². The van der Waals surface area contributed by atoms with Crippen molar-refractivity contribution in [2.75, 3.05) is 44.0 Å². The molecule has 4 aromatic rings. The van der Waals surface area contributed by atoms with Gasteiger partial charge in [-0.2, -0.15) is 9.61 Å². The van der Waals surface area contributed by atoms with Crippen LogP contribution in [0.1, 0.15) is 31.5 Å². The van der Waals surface area contributed by atoms with Crippen LogP contribution in [0.5, 0.6) is 5.75 Å². The number of nitrogens with zero attached hydrogens (tertiary/aromatic N) is 7. The highest BCUT2D eigenvalue weighted by atomic mass is 19.1. The molecule has 0 aliphatic carbocycles. The number of benzene rings is 1. The number of halogens is 1. The maximum Gasteiger partial charge on any atom is 0.223 e. The number of nitrogen functional groups attached to an aromatic ring is 1. The van der Waals surface area contributed by atoms with Crippen LogP contribution in [0.3, 0.4) is 0 Å². The largest absolute Gasteiger partial charge is 0.494 e. The summed E-state index contributed by atoms with van der Waals surface area (Å²) >= 11 is 0. The number of aromatic nitrogens is 6. The average Bonchev–Trinajstić information content (AvgIpc) is 3.46. The summed E-state index contributed by atoms with van der Waals surface area (Å²) in [6, 6.07) is 2.91. The van der Waals surface area contributed by atoms with Gasteiger partial charge in [-0.1, -0.05) is 6.92 Å². The second-order valence-electron chi connectivity index (χ2n) is 9.66. The lowest BCUT2D eigenvalue weighted by molar-refractivity contribution is -0.111. The molecule has 0 amide bonds. The van der Waals surface area contributed by atoms with Crippen molar-refractivity contribution in [1.29, 1.82) is 0 Å². The summed E-state index contributed by atoms with van der Waals surface area (Å²) in [5.41, 5.74) is 8.44. The molecule has 2 aliphatic heterocycles. The molecule has 2 fully saturated rings. The first kappa shape index (κ1) is 21.1. The van der Waals surface area contributed by atoms with E-state index in [4.69, 9.17) is 20.2 Å². The molecular formula is C23H27FN8O2. The number of nitrogens with two attached hydrogens (primary N) is 1. The van der Waals surface area contributed by atoms with Crippen LogP contribution in [0.25, 0.3) is 16.6 Å². The van der Waals surface area contributed by atoms with Crippen LogP contribution >= 0.6 is 0 Å². The maximum absolute atomic E-state index is 14.4. The average molecular weight is 467 g/mol. The Kier molecular flexibility index (Phi) is 4.83. The molecule has 0 radical (unpaired) electrons. The van der Waals surface area contributed by atoms with Crippen molar-refractivity contribution in [2.24, 2.45) is 5.41 Å². The first-order valence-corrected chi connectivity index (χ1v) is 11.5. The quantitative estimate of drug-likeness (QED) is 0.478. The van der Waals surface area contributed by atoms with E-state index in [2.05, 4.69) is 33.2 Å². The monoisotopic (exact) mass is 466 g/mol. The molecule has 5 heterocycles. The lowest BCUT2D eigenvalue weighted by Gasteiger charge is -2.37. The molecule has 6 rings (SSSR count). The van der Waals surface area contributed by atoms with Crippen LogP contribution in [-0.4, -0.2) is 62.8 Å². The van der Waals surface area contributed by atoms with Gasteiger partial charge in [0.1, 0.15) is 0 Å². The summed E-state index contributed by atoms with van der Waals surface area (Å²) in [5.74, 6) is 0.653. The third-order valence-electron chi connectivity index (χ3n) is 6.80. The zero-order chi connectivity index (χ0) is 23.4. The first-order valence-electron chi connectivity index (χ1n) is 11.5. The maximum atomic E-state index is 14.4. The zero-order valence-electron chi connectivity index (χ0n) is 19.2. The Bertz CT molecular complexity index is 1380. The van der Waals surface area contributed by atoms with E-state index in [1.54, 1.807) is 0 Å². The Morgan fingerprint density at radius 2 is 2.15 bits per heavy atom. The summed E-state index contributed by atoms with van der Waals surface area (Å²) < 4.78 is 28.4. The van der Waals surface area contributed by atoms with Crippen molar-refractivity contribution in [1.82, 2.24) is 29.4 Å². The molecule has 10 nitrogen and oxygen atoms in total. The molecule has 178 valence electrons. The molecule has 1 aromatic carbocycles. The lowest BCUT2D eigenvalue weighted by atomic mass is 9.89. The normalized spacial score (nSPS) is 20.1. The van der Waals surface area contributed by atoms with Crippen molar-refractivity contribution in [3.8, 4) is 5.75 Å². The molecule has 1 atom stereocenters. The minimum Gasteiger partial charge on any atom is -0.494 e. The number of hydrogen-bond donors (Lipinski definition) is 1. The van der Waals surface area contributed by atoms with Gasteiger partial charge in [-0.15, -0.1) is 5.10 Å². The van der Waals surface area contributed by atoms with Gasteiger partial charge >= 0.3 is 0 Å². The molecular weight excluding hydrogens is 439 g/mol. The van der Waals surface area contributed by atoms with E-state index in [-0.39, 0.29) is 23.0 Å². The van der Waals surface area contributed by atoms with Crippen LogP contribution in [0.4, 0.5) is 16.0 Å². The predicted molar refractivity (Wildman–Crippen MR) is 125 cm³/mol. The second kappa shape index (κ2) is 7.79. The van der Waals surface area contributed by atoms with Gasteiger partial charge < -0.3 is 20.1 Å². The minimum atomic E-state index is -0.476. The van der Waals surface area contributed by atoms with Gasteiger partial charge in [-0.25, -0.2) is 14.4 Å². The molecule has 11 heteroatoms. The minimum absolute atomic E-state index is 0.116. The van der Waals surface area contributed by atoms with Crippen LogP contribution < -0.4 is 15.4 Å². The van der Waals surface area contributed by atoms with Gasteiger partial charge in [-0.05, 0) is 18.9 Å². The fourth-order valence-corrected chi connectivity index (χ4v) is 4.93. The van der Waals surface area contributed by atoms with Crippen LogP contribution in [0.2, 0.25) is 0 Å². The third-order valence-corrected chi connectivity index (χ3v) is 6.80. The summed E-state index contributed by atoms with van der Waals surface area (Å²) in [5, 5.41) is 9.78. The zero-order valence-corrected chi connectivity index (χ0v) is 19.2. The molecule has 2 aliphatic rings. The summed E-state index contributed by atoms with van der Waals surface area (Å²) in [4.78, 5) is 11.5. The highest BCUT2D eigenvalue weighted by Gasteiger charge is 2.34. The van der Waals surface area contributed by atoms with E-state index >= 15 is 0 Å². The van der Waals surface area contributed by atoms with Gasteiger partial charge in [0.05, 0.1) is 44.3 Å². The summed E-state index contributed by atoms with van der Waals surface area (Å²) in [6.07, 6.45) is 6.00. The number of anilines is 2. The molecule has 3 aromatic heterocycles. The Morgan fingerprint density at radius 3 is 2.91 bits per heavy atom. The molecule has 0 unspecified atom stereocenters. The van der Waals surface area contributed by atoms with Crippen molar-refractivity contribution in [3.05, 3.63) is 36.2 Å². The van der Waals surface area contributed by atoms with E-state index in [1.807, 2.05) is 10.9 Å². The number of methoxy groups -OCH3 is 1. The second-order valence-corrected chi connectivity index (χ2v) is 9.66. The number of piperidine rings is 1. The van der Waals surface area contributed by atoms with Crippen LogP contribution in [0, 0.1) is 11.2 Å². The third kappa shape index (κ3) is 3.51. The summed E-state index contributed by atoms with van der Waals surface area (Å²) in [6.45, 7) is 6.34. The Labute approximate surface area is 195 Å². The number of hydrogen-bond acceptors (Lipinski definition) is 8. The van der Waals surface area contributed by atoms with E-state index < -0.39 is 5.82 Å². The fourth-order valence-electron chi connectivity index (χ4n) is 4.93. The van der Waals surface area contributed by atoms with Gasteiger partial charge in [0.15, 0.2) is 23.0 Å². The Hall–Kier alpha value is -3.47.